The molecule has 0 unspecified atom stereocenters. The maximum Gasteiger partial charge on any atom is 0.235 e. The van der Waals surface area contributed by atoms with Gasteiger partial charge in [0.05, 0.1) is 0 Å². The van der Waals surface area contributed by atoms with Gasteiger partial charge in [-0.1, -0.05) is 16.5 Å². The van der Waals surface area contributed by atoms with E-state index in [-0.39, 0.29) is 0 Å². The van der Waals surface area contributed by atoms with Crippen LogP contribution in [0.4, 0.5) is 0 Å². The first-order valence-electron chi connectivity index (χ1n) is 5.87. The Bertz CT molecular complexity index is 878. The lowest BCUT2D eigenvalue weighted by Gasteiger charge is -1.92. The predicted molar refractivity (Wildman–Crippen MR) is 72.1 cm³/mol. The molecule has 0 saturated heterocycles. The van der Waals surface area contributed by atoms with Gasteiger partial charge in [0.15, 0.2) is 5.69 Å². The van der Waals surface area contributed by atoms with Gasteiger partial charge in [0, 0.05) is 24.0 Å². The van der Waals surface area contributed by atoms with Crippen LogP contribution in [0.5, 0.6) is 0 Å². The highest BCUT2D eigenvalue weighted by Gasteiger charge is 2.16. The maximum absolute atomic E-state index is 5.06. The molecule has 0 aliphatic heterocycles. The number of fused-ring (bicyclic) bond motifs is 1. The standard InChI is InChI=1S/C12H8N6OS/c1-7-6-9(17-19-7)10-14-15-12-18(10)16-11(20-12)8-2-4-13-5-3-8/h2-6H,1H3. The largest absolute Gasteiger partial charge is 0.361 e. The van der Waals surface area contributed by atoms with Gasteiger partial charge >= 0.3 is 0 Å². The van der Waals surface area contributed by atoms with Crippen LogP contribution in [0.15, 0.2) is 35.1 Å². The Balaban J connectivity index is 1.87. The number of pyridine rings is 1. The molecule has 0 aliphatic rings. The zero-order valence-corrected chi connectivity index (χ0v) is 11.2. The van der Waals surface area contributed by atoms with Crippen LogP contribution in [0.2, 0.25) is 0 Å². The molecule has 0 spiro atoms. The minimum atomic E-state index is 0.577. The molecule has 0 N–H and O–H groups in total. The zero-order chi connectivity index (χ0) is 13.5. The van der Waals surface area contributed by atoms with Crippen LogP contribution in [0, 0.1) is 6.92 Å². The molecule has 4 aromatic rings. The average Bonchev–Trinajstić information content (AvgIpc) is 3.14. The van der Waals surface area contributed by atoms with Crippen LogP contribution >= 0.6 is 11.3 Å². The third kappa shape index (κ3) is 1.69. The second-order valence-electron chi connectivity index (χ2n) is 4.18. The van der Waals surface area contributed by atoms with Crippen LogP contribution in [-0.4, -0.2) is 30.0 Å². The third-order valence-electron chi connectivity index (χ3n) is 2.78. The van der Waals surface area contributed by atoms with E-state index in [1.165, 1.54) is 11.3 Å². The molecule has 4 heterocycles. The van der Waals surface area contributed by atoms with Gasteiger partial charge in [-0.05, 0) is 19.1 Å². The van der Waals surface area contributed by atoms with E-state index in [0.717, 1.165) is 16.3 Å². The molecule has 0 amide bonds. The van der Waals surface area contributed by atoms with Crippen molar-refractivity contribution < 1.29 is 4.52 Å². The molecule has 4 aromatic heterocycles. The van der Waals surface area contributed by atoms with Gasteiger partial charge in [-0.15, -0.1) is 10.2 Å². The van der Waals surface area contributed by atoms with Gasteiger partial charge in [0.25, 0.3) is 0 Å². The molecule has 4 rings (SSSR count). The van der Waals surface area contributed by atoms with E-state index in [1.807, 2.05) is 25.1 Å². The second kappa shape index (κ2) is 4.20. The Morgan fingerprint density at radius 1 is 1.20 bits per heavy atom. The smallest absolute Gasteiger partial charge is 0.235 e. The van der Waals surface area contributed by atoms with E-state index in [9.17, 15) is 0 Å². The number of hydrogen-bond acceptors (Lipinski definition) is 7. The number of aryl methyl sites for hydroxylation is 1. The maximum atomic E-state index is 5.06. The third-order valence-corrected chi connectivity index (χ3v) is 3.72. The highest BCUT2D eigenvalue weighted by atomic mass is 32.1. The van der Waals surface area contributed by atoms with Gasteiger partial charge in [-0.3, -0.25) is 4.98 Å². The summed E-state index contributed by atoms with van der Waals surface area (Å²) in [4.78, 5) is 4.72. The van der Waals surface area contributed by atoms with Crippen LogP contribution < -0.4 is 0 Å². The van der Waals surface area contributed by atoms with Crippen LogP contribution in [0.3, 0.4) is 0 Å². The van der Waals surface area contributed by atoms with Crippen molar-refractivity contribution in [2.45, 2.75) is 6.92 Å². The summed E-state index contributed by atoms with van der Waals surface area (Å²) in [7, 11) is 0. The first-order valence-corrected chi connectivity index (χ1v) is 6.69. The van der Waals surface area contributed by atoms with Crippen molar-refractivity contribution in [2.24, 2.45) is 0 Å². The highest BCUT2D eigenvalue weighted by Crippen LogP contribution is 2.27. The molecule has 98 valence electrons. The summed E-state index contributed by atoms with van der Waals surface area (Å²) in [6.07, 6.45) is 3.47. The topological polar surface area (TPSA) is 82.0 Å². The van der Waals surface area contributed by atoms with E-state index in [4.69, 9.17) is 4.52 Å². The normalized spacial score (nSPS) is 11.2. The number of aromatic nitrogens is 6. The molecule has 20 heavy (non-hydrogen) atoms. The summed E-state index contributed by atoms with van der Waals surface area (Å²) in [6, 6.07) is 5.62. The molecule has 0 aromatic carbocycles. The van der Waals surface area contributed by atoms with Crippen molar-refractivity contribution in [1.82, 2.24) is 30.0 Å². The molecule has 0 atom stereocenters. The summed E-state index contributed by atoms with van der Waals surface area (Å²) in [5.41, 5.74) is 1.62. The lowest BCUT2D eigenvalue weighted by molar-refractivity contribution is 0.399. The molecular weight excluding hydrogens is 276 g/mol. The van der Waals surface area contributed by atoms with Crippen molar-refractivity contribution in [1.29, 1.82) is 0 Å². The van der Waals surface area contributed by atoms with Crippen LogP contribution in [0.25, 0.3) is 27.1 Å². The van der Waals surface area contributed by atoms with Gasteiger partial charge in [-0.25, -0.2) is 0 Å². The van der Waals surface area contributed by atoms with E-state index in [0.29, 0.717) is 16.5 Å². The summed E-state index contributed by atoms with van der Waals surface area (Å²) < 4.78 is 6.74. The quantitative estimate of drug-likeness (QED) is 0.561. The van der Waals surface area contributed by atoms with E-state index in [2.05, 4.69) is 25.4 Å². The van der Waals surface area contributed by atoms with Crippen molar-refractivity contribution in [3.05, 3.63) is 36.4 Å². The number of rotatable bonds is 2. The highest BCUT2D eigenvalue weighted by molar-refractivity contribution is 7.19. The van der Waals surface area contributed by atoms with Gasteiger partial charge in [0.1, 0.15) is 10.8 Å². The molecule has 0 fully saturated rings. The van der Waals surface area contributed by atoms with Gasteiger partial charge < -0.3 is 4.52 Å². The summed E-state index contributed by atoms with van der Waals surface area (Å²) in [6.45, 7) is 1.83. The Morgan fingerprint density at radius 2 is 2.05 bits per heavy atom. The zero-order valence-electron chi connectivity index (χ0n) is 10.4. The molecule has 0 bridgehead atoms. The SMILES string of the molecule is Cc1cc(-c2nnc3sc(-c4ccncc4)nn23)no1. The predicted octanol–water partition coefficient (Wildman–Crippen LogP) is 2.21. The summed E-state index contributed by atoms with van der Waals surface area (Å²) in [5.74, 6) is 1.30. The minimum absolute atomic E-state index is 0.577. The van der Waals surface area contributed by atoms with Gasteiger partial charge in [-0.2, -0.15) is 9.61 Å². The number of nitrogens with zero attached hydrogens (tertiary/aromatic N) is 6. The molecule has 0 radical (unpaired) electrons. The van der Waals surface area contributed by atoms with E-state index in [1.54, 1.807) is 16.9 Å². The van der Waals surface area contributed by atoms with Crippen LogP contribution in [-0.2, 0) is 0 Å². The van der Waals surface area contributed by atoms with Crippen molar-refractivity contribution in [3.63, 3.8) is 0 Å². The van der Waals surface area contributed by atoms with Crippen LogP contribution in [0.1, 0.15) is 5.76 Å². The summed E-state index contributed by atoms with van der Waals surface area (Å²) in [5, 5.41) is 17.6. The van der Waals surface area contributed by atoms with E-state index < -0.39 is 0 Å². The number of hydrogen-bond donors (Lipinski definition) is 0. The Hall–Kier alpha value is -2.61. The first-order chi connectivity index (χ1) is 9.81. The lowest BCUT2D eigenvalue weighted by Crippen LogP contribution is -1.90. The van der Waals surface area contributed by atoms with Crippen molar-refractivity contribution in [3.8, 4) is 22.1 Å². The molecule has 7 nitrogen and oxygen atoms in total. The Labute approximate surface area is 116 Å². The fourth-order valence-corrected chi connectivity index (χ4v) is 2.70. The average molecular weight is 284 g/mol. The van der Waals surface area contributed by atoms with Gasteiger partial charge in [0.2, 0.25) is 10.8 Å². The van der Waals surface area contributed by atoms with Crippen molar-refractivity contribution in [2.75, 3.05) is 0 Å². The Morgan fingerprint density at radius 3 is 2.80 bits per heavy atom. The first kappa shape index (κ1) is 11.2. The molecule has 8 heteroatoms. The fourth-order valence-electron chi connectivity index (χ4n) is 1.86. The molecule has 0 aliphatic carbocycles. The molecular formula is C12H8N6OS. The summed E-state index contributed by atoms with van der Waals surface area (Å²) >= 11 is 1.46. The lowest BCUT2D eigenvalue weighted by atomic mass is 10.3. The van der Waals surface area contributed by atoms with E-state index >= 15 is 0 Å². The monoisotopic (exact) mass is 284 g/mol. The fraction of sp³-hybridized carbons (Fsp3) is 0.0833. The second-order valence-corrected chi connectivity index (χ2v) is 5.14. The van der Waals surface area contributed by atoms with Crippen molar-refractivity contribution >= 4 is 16.3 Å². The molecule has 0 saturated carbocycles. The Kier molecular flexibility index (Phi) is 2.36. The minimum Gasteiger partial charge on any atom is -0.361 e.